The largest absolute Gasteiger partial charge is 0.466 e. The van der Waals surface area contributed by atoms with Gasteiger partial charge in [-0.05, 0) is 19.1 Å². The summed E-state index contributed by atoms with van der Waals surface area (Å²) in [6.45, 7) is 8.15. The Bertz CT molecular complexity index is 794. The van der Waals surface area contributed by atoms with Crippen molar-refractivity contribution in [1.29, 1.82) is 0 Å². The van der Waals surface area contributed by atoms with Crippen molar-refractivity contribution < 1.29 is 14.3 Å². The lowest BCUT2D eigenvalue weighted by atomic mass is 9.92. The smallest absolute Gasteiger partial charge is 0.306 e. The molecule has 1 heterocycles. The molecule has 0 radical (unpaired) electrons. The first-order chi connectivity index (χ1) is 12.2. The molecule has 0 aliphatic rings. The lowest BCUT2D eigenvalue weighted by molar-refractivity contribution is -0.144. The molecule has 0 unspecified atom stereocenters. The highest BCUT2D eigenvalue weighted by atomic mass is 35.5. The number of halogens is 1. The number of hydrogen-bond donors (Lipinski definition) is 1. The fraction of sp³-hybridized carbons (Fsp3) is 0.421. The Kier molecular flexibility index (Phi) is 6.42. The van der Waals surface area contributed by atoms with Gasteiger partial charge in [-0.1, -0.05) is 44.5 Å². The number of carbonyl (C=O) groups excluding carboxylic acids is 2. The Morgan fingerprint density at radius 3 is 2.54 bits per heavy atom. The Labute approximate surface area is 158 Å². The fourth-order valence-electron chi connectivity index (χ4n) is 2.30. The number of rotatable bonds is 6. The van der Waals surface area contributed by atoms with Gasteiger partial charge in [0.1, 0.15) is 5.82 Å². The molecule has 0 atom stereocenters. The average molecular weight is 378 g/mol. The van der Waals surface area contributed by atoms with Crippen LogP contribution < -0.4 is 5.32 Å². The minimum Gasteiger partial charge on any atom is -0.466 e. The molecule has 26 heavy (non-hydrogen) atoms. The molecule has 1 aromatic heterocycles. The molecule has 0 fully saturated rings. The maximum atomic E-state index is 12.3. The van der Waals surface area contributed by atoms with Crippen LogP contribution in [0.2, 0.25) is 5.02 Å². The van der Waals surface area contributed by atoms with Crippen LogP contribution in [0.1, 0.15) is 46.2 Å². The lowest BCUT2D eigenvalue weighted by Crippen LogP contribution is -2.17. The van der Waals surface area contributed by atoms with E-state index in [1.54, 1.807) is 17.7 Å². The number of aromatic nitrogens is 2. The van der Waals surface area contributed by atoms with Crippen LogP contribution in [-0.4, -0.2) is 28.3 Å². The molecular weight excluding hydrogens is 354 g/mol. The van der Waals surface area contributed by atoms with Gasteiger partial charge in [0.25, 0.3) is 0 Å². The summed E-state index contributed by atoms with van der Waals surface area (Å²) in [6.07, 6.45) is 0.0728. The predicted octanol–water partition coefficient (Wildman–Crippen LogP) is 4.11. The molecule has 1 aromatic carbocycles. The Morgan fingerprint density at radius 2 is 1.92 bits per heavy atom. The van der Waals surface area contributed by atoms with Crippen molar-refractivity contribution in [1.82, 2.24) is 9.78 Å². The van der Waals surface area contributed by atoms with Gasteiger partial charge in [0.15, 0.2) is 0 Å². The van der Waals surface area contributed by atoms with E-state index in [4.69, 9.17) is 16.3 Å². The quantitative estimate of drug-likeness (QED) is 0.769. The second kappa shape index (κ2) is 8.36. The number of carbonyl (C=O) groups is 2. The van der Waals surface area contributed by atoms with Crippen molar-refractivity contribution in [3.8, 4) is 5.69 Å². The van der Waals surface area contributed by atoms with Gasteiger partial charge < -0.3 is 10.1 Å². The molecule has 6 nitrogen and oxygen atoms in total. The maximum absolute atomic E-state index is 12.3. The zero-order valence-electron chi connectivity index (χ0n) is 15.5. The van der Waals surface area contributed by atoms with Crippen molar-refractivity contribution in [2.45, 2.75) is 46.0 Å². The molecule has 0 saturated carbocycles. The molecule has 0 spiro atoms. The number of benzene rings is 1. The third-order valence-electron chi connectivity index (χ3n) is 3.69. The van der Waals surface area contributed by atoms with Crippen LogP contribution in [0.3, 0.4) is 0 Å². The van der Waals surface area contributed by atoms with Crippen LogP contribution in [0, 0.1) is 0 Å². The maximum Gasteiger partial charge on any atom is 0.306 e. The second-order valence-corrected chi connectivity index (χ2v) is 7.29. The van der Waals surface area contributed by atoms with Gasteiger partial charge >= 0.3 is 5.97 Å². The van der Waals surface area contributed by atoms with Crippen molar-refractivity contribution in [3.63, 3.8) is 0 Å². The highest BCUT2D eigenvalue weighted by Gasteiger charge is 2.22. The molecule has 2 rings (SSSR count). The third kappa shape index (κ3) is 5.08. The van der Waals surface area contributed by atoms with Gasteiger partial charge in [-0.15, -0.1) is 0 Å². The van der Waals surface area contributed by atoms with Crippen LogP contribution >= 0.6 is 11.6 Å². The minimum atomic E-state index is -0.391. The summed E-state index contributed by atoms with van der Waals surface area (Å²) in [4.78, 5) is 23.7. The van der Waals surface area contributed by atoms with E-state index in [0.29, 0.717) is 23.1 Å². The number of nitrogens with zero attached hydrogens (tertiary/aromatic N) is 2. The zero-order valence-corrected chi connectivity index (χ0v) is 16.3. The standard InChI is InChI=1S/C19H24ClN3O3/c1-5-26-18(25)11-10-17(24)21-16-12-15(19(2,3)4)22-23(16)14-9-7-6-8-13(14)20/h6-9,12H,5,10-11H2,1-4H3,(H,21,24). The summed E-state index contributed by atoms with van der Waals surface area (Å²) < 4.78 is 6.46. The lowest BCUT2D eigenvalue weighted by Gasteiger charge is -2.14. The number of para-hydroxylation sites is 1. The topological polar surface area (TPSA) is 73.2 Å². The summed E-state index contributed by atoms with van der Waals surface area (Å²) in [5, 5.41) is 7.96. The number of ether oxygens (including phenoxy) is 1. The van der Waals surface area contributed by atoms with Gasteiger partial charge in [-0.25, -0.2) is 4.68 Å². The summed E-state index contributed by atoms with van der Waals surface area (Å²) in [7, 11) is 0. The van der Waals surface area contributed by atoms with Gasteiger partial charge in [0, 0.05) is 17.9 Å². The van der Waals surface area contributed by atoms with Crippen LogP contribution in [0.15, 0.2) is 30.3 Å². The molecule has 7 heteroatoms. The molecule has 1 amide bonds. The fourth-order valence-corrected chi connectivity index (χ4v) is 2.51. The Hall–Kier alpha value is -2.34. The summed E-state index contributed by atoms with van der Waals surface area (Å²) in [6, 6.07) is 9.10. The predicted molar refractivity (Wildman–Crippen MR) is 102 cm³/mol. The number of nitrogens with one attached hydrogen (secondary N) is 1. The normalized spacial score (nSPS) is 11.3. The average Bonchev–Trinajstić information content (AvgIpc) is 2.97. The highest BCUT2D eigenvalue weighted by molar-refractivity contribution is 6.32. The number of hydrogen-bond acceptors (Lipinski definition) is 4. The first kappa shape index (κ1) is 20.0. The van der Waals surface area contributed by atoms with Crippen molar-refractivity contribution in [2.75, 3.05) is 11.9 Å². The van der Waals surface area contributed by atoms with Gasteiger partial charge in [-0.2, -0.15) is 5.10 Å². The first-order valence-electron chi connectivity index (χ1n) is 8.53. The van der Waals surface area contributed by atoms with Gasteiger partial charge in [-0.3, -0.25) is 9.59 Å². The van der Waals surface area contributed by atoms with E-state index in [1.807, 2.05) is 45.0 Å². The third-order valence-corrected chi connectivity index (χ3v) is 4.01. The molecule has 0 bridgehead atoms. The van der Waals surface area contributed by atoms with Crippen molar-refractivity contribution in [3.05, 3.63) is 41.0 Å². The van der Waals surface area contributed by atoms with Crippen LogP contribution in [0.25, 0.3) is 5.69 Å². The second-order valence-electron chi connectivity index (χ2n) is 6.88. The van der Waals surface area contributed by atoms with Gasteiger partial charge in [0.05, 0.1) is 29.4 Å². The molecule has 2 aromatic rings. The Morgan fingerprint density at radius 1 is 1.23 bits per heavy atom. The summed E-state index contributed by atoms with van der Waals surface area (Å²) >= 11 is 6.29. The number of esters is 1. The molecule has 0 aliphatic carbocycles. The minimum absolute atomic E-state index is 0.0338. The summed E-state index contributed by atoms with van der Waals surface area (Å²) in [5.41, 5.74) is 1.29. The molecular formula is C19H24ClN3O3. The molecule has 0 aliphatic heterocycles. The molecule has 1 N–H and O–H groups in total. The first-order valence-corrected chi connectivity index (χ1v) is 8.91. The van der Waals surface area contributed by atoms with E-state index in [-0.39, 0.29) is 24.2 Å². The molecule has 140 valence electrons. The van der Waals surface area contributed by atoms with Crippen LogP contribution in [0.5, 0.6) is 0 Å². The van der Waals surface area contributed by atoms with E-state index in [0.717, 1.165) is 5.69 Å². The zero-order chi connectivity index (χ0) is 19.3. The summed E-state index contributed by atoms with van der Waals surface area (Å²) in [5.74, 6) is -0.166. The number of anilines is 1. The SMILES string of the molecule is CCOC(=O)CCC(=O)Nc1cc(C(C)(C)C)nn1-c1ccccc1Cl. The van der Waals surface area contributed by atoms with Crippen molar-refractivity contribution in [2.24, 2.45) is 0 Å². The van der Waals surface area contributed by atoms with E-state index in [1.165, 1.54) is 0 Å². The van der Waals surface area contributed by atoms with Crippen LogP contribution in [0.4, 0.5) is 5.82 Å². The Balaban J connectivity index is 2.26. The van der Waals surface area contributed by atoms with Crippen molar-refractivity contribution >= 4 is 29.3 Å². The molecule has 0 saturated heterocycles. The van der Waals surface area contributed by atoms with E-state index >= 15 is 0 Å². The monoisotopic (exact) mass is 377 g/mol. The van der Waals surface area contributed by atoms with Gasteiger partial charge in [0.2, 0.25) is 5.91 Å². The highest BCUT2D eigenvalue weighted by Crippen LogP contribution is 2.29. The van der Waals surface area contributed by atoms with E-state index < -0.39 is 5.97 Å². The number of amides is 1. The van der Waals surface area contributed by atoms with E-state index in [9.17, 15) is 9.59 Å². The van der Waals surface area contributed by atoms with E-state index in [2.05, 4.69) is 10.4 Å². The van der Waals surface area contributed by atoms with Crippen LogP contribution in [-0.2, 0) is 19.7 Å².